The van der Waals surface area contributed by atoms with Crippen molar-refractivity contribution in [3.8, 4) is 0 Å². The first-order valence-electron chi connectivity index (χ1n) is 28.0. The van der Waals surface area contributed by atoms with E-state index in [1.54, 1.807) is 58.0 Å². The van der Waals surface area contributed by atoms with Gasteiger partial charge in [0.05, 0.1) is 41.1 Å². The second-order valence-electron chi connectivity index (χ2n) is 22.7. The Bertz CT molecular complexity index is 3100. The summed E-state index contributed by atoms with van der Waals surface area (Å²) >= 11 is 0. The lowest BCUT2D eigenvalue weighted by Gasteiger charge is -2.36. The second kappa shape index (κ2) is 25.3. The summed E-state index contributed by atoms with van der Waals surface area (Å²) in [4.78, 5) is 128. The number of likely N-dealkylation sites (tertiary alicyclic amines) is 1. The highest BCUT2D eigenvalue weighted by atomic mass is 19.1. The first kappa shape index (κ1) is 59.9. The third kappa shape index (κ3) is 13.1. The molecule has 3 aromatic rings. The molecule has 5 heterocycles. The standard InChI is InChI=1S/C60H74FN7O13/c1-9-60(78)44-26-48-54-43(29-67(48)28-42(44)57(75)81-58(60)76)53-46(19-18-40-35(5)45(61)27-47(64-54)52(40)53)63-50(71)31-79-32-66(22-21-65(7)8)59(77)80-30-38-16-14-37(15-17-38)24-49(70)36(6)62-55(73)41(33(2)3)25-39(69)13-11-10-12-20-68-51(72)23-34(4)56(68)74/h14-17,26-27,33-34,36,41,46,78H,9-13,18-25,28-32H2,1-8H3,(H,62,73)(H,63,71)/t34?,36-,41-,46-,60-/m0/s1. The molecule has 8 rings (SSSR count). The summed E-state index contributed by atoms with van der Waals surface area (Å²) in [6.45, 7) is 11.0. The van der Waals surface area contributed by atoms with Crippen LogP contribution in [0.3, 0.4) is 0 Å². The molecule has 21 heteroatoms. The Balaban J connectivity index is 0.823. The van der Waals surface area contributed by atoms with E-state index in [0.717, 1.165) is 22.1 Å². The molecular weight excluding hydrogens is 1050 g/mol. The first-order valence-corrected chi connectivity index (χ1v) is 28.0. The van der Waals surface area contributed by atoms with Crippen LogP contribution in [0.2, 0.25) is 0 Å². The maximum absolute atomic E-state index is 15.5. The molecule has 1 unspecified atom stereocenters. The minimum atomic E-state index is -2.04. The van der Waals surface area contributed by atoms with E-state index in [1.807, 2.05) is 37.7 Å². The molecule has 5 amide bonds. The number of rotatable bonds is 25. The maximum atomic E-state index is 15.5. The summed E-state index contributed by atoms with van der Waals surface area (Å²) in [5.41, 5.74) is 3.80. The second-order valence-corrected chi connectivity index (χ2v) is 22.7. The van der Waals surface area contributed by atoms with Gasteiger partial charge in [-0.1, -0.05) is 58.4 Å². The fourth-order valence-corrected chi connectivity index (χ4v) is 11.3. The highest BCUT2D eigenvalue weighted by Gasteiger charge is 2.50. The van der Waals surface area contributed by atoms with Gasteiger partial charge in [0.15, 0.2) is 11.4 Å². The van der Waals surface area contributed by atoms with Gasteiger partial charge in [0.25, 0.3) is 0 Å². The Morgan fingerprint density at radius 3 is 2.40 bits per heavy atom. The Labute approximate surface area is 470 Å². The number of pyridine rings is 1. The molecule has 1 fully saturated rings. The molecule has 4 aliphatic heterocycles. The summed E-state index contributed by atoms with van der Waals surface area (Å²) in [7, 11) is 3.70. The van der Waals surface area contributed by atoms with Crippen molar-refractivity contribution in [3.63, 3.8) is 0 Å². The van der Waals surface area contributed by atoms with E-state index in [4.69, 9.17) is 19.2 Å². The van der Waals surface area contributed by atoms with Crippen LogP contribution in [-0.4, -0.2) is 148 Å². The van der Waals surface area contributed by atoms with Gasteiger partial charge in [0, 0.05) is 86.3 Å². The van der Waals surface area contributed by atoms with E-state index in [1.165, 1.54) is 15.9 Å². The average molecular weight is 1120 g/mol. The third-order valence-electron chi connectivity index (χ3n) is 16.3. The SMILES string of the molecule is CC[C@@]1(O)C(=O)OC(=O)C2=C1C=C1c3nc4cc(F)c(C)c5c4c(c3CN1C2)[C@@H](NC(=O)COCN(CCN(C)C)C(=O)OCc1ccc(CC(=O)[C@H](C)NC(=O)[C@@H](CC(=O)CCCCCN2C(=O)CC(C)C2=O)C(C)C)cc1)CC5. The zero-order chi connectivity index (χ0) is 58.6. The molecule has 5 atom stereocenters. The van der Waals surface area contributed by atoms with Crippen molar-refractivity contribution < 1.29 is 66.9 Å². The molecular formula is C60H74FN7O13. The molecule has 0 saturated carbocycles. The van der Waals surface area contributed by atoms with Crippen LogP contribution < -0.4 is 10.6 Å². The number of imide groups is 1. The van der Waals surface area contributed by atoms with Crippen LogP contribution in [0.4, 0.5) is 9.18 Å². The molecule has 1 saturated heterocycles. The third-order valence-corrected chi connectivity index (χ3v) is 16.3. The monoisotopic (exact) mass is 1120 g/mol. The molecule has 0 spiro atoms. The van der Waals surface area contributed by atoms with Crippen LogP contribution >= 0.6 is 0 Å². The van der Waals surface area contributed by atoms with Gasteiger partial charge in [-0.3, -0.25) is 38.6 Å². The molecule has 0 radical (unpaired) electrons. The zero-order valence-electron chi connectivity index (χ0n) is 47.5. The van der Waals surface area contributed by atoms with Gasteiger partial charge >= 0.3 is 18.0 Å². The van der Waals surface area contributed by atoms with E-state index < -0.39 is 60.0 Å². The van der Waals surface area contributed by atoms with E-state index in [9.17, 15) is 48.3 Å². The number of aromatic nitrogens is 1. The number of likely N-dealkylation sites (N-methyl/N-ethyl adjacent to an activating group) is 1. The number of nitrogens with one attached hydrogen (secondary N) is 2. The fraction of sp³-hybridized carbons (Fsp3) is 0.533. The van der Waals surface area contributed by atoms with Crippen LogP contribution in [-0.2, 0) is 78.6 Å². The first-order chi connectivity index (χ1) is 38.5. The van der Waals surface area contributed by atoms with Crippen LogP contribution in [0.1, 0.15) is 131 Å². The molecule has 1 aromatic heterocycles. The highest BCUT2D eigenvalue weighted by Crippen LogP contribution is 2.48. The number of ketones is 2. The van der Waals surface area contributed by atoms with E-state index in [2.05, 4.69) is 10.6 Å². The Hall–Kier alpha value is -7.23. The van der Waals surface area contributed by atoms with Gasteiger partial charge in [-0.15, -0.1) is 0 Å². The number of hydrogen-bond acceptors (Lipinski definition) is 16. The number of Topliss-reactive ketones (excluding diaryl/α,β-unsaturated/α-hetero) is 2. The molecule has 5 aliphatic rings. The molecule has 0 bridgehead atoms. The van der Waals surface area contributed by atoms with Crippen molar-refractivity contribution in [3.05, 3.63) is 92.4 Å². The Kier molecular flexibility index (Phi) is 18.7. The van der Waals surface area contributed by atoms with E-state index in [0.29, 0.717) is 78.8 Å². The van der Waals surface area contributed by atoms with Crippen molar-refractivity contribution in [2.45, 2.75) is 137 Å². The predicted octanol–water partition coefficient (Wildman–Crippen LogP) is 5.45. The van der Waals surface area contributed by atoms with Crippen LogP contribution in [0.15, 0.2) is 47.6 Å². The number of amides is 5. The number of fused-ring (bicyclic) bond motifs is 4. The summed E-state index contributed by atoms with van der Waals surface area (Å²) < 4.78 is 32.0. The lowest BCUT2D eigenvalue weighted by Crippen LogP contribution is -2.49. The quantitative estimate of drug-likeness (QED) is 0.0313. The number of cyclic esters (lactones) is 2. The summed E-state index contributed by atoms with van der Waals surface area (Å²) in [5.74, 6) is -4.80. The fourth-order valence-electron chi connectivity index (χ4n) is 11.3. The van der Waals surface area contributed by atoms with E-state index in [-0.39, 0.29) is 117 Å². The van der Waals surface area contributed by atoms with Crippen LogP contribution in [0.25, 0.3) is 16.6 Å². The number of unbranched alkanes of at least 4 members (excludes halogenated alkanes) is 2. The number of benzene rings is 2. The lowest BCUT2D eigenvalue weighted by atomic mass is 9.81. The minimum Gasteiger partial charge on any atom is -0.444 e. The number of hydrogen-bond donors (Lipinski definition) is 3. The molecule has 81 heavy (non-hydrogen) atoms. The normalized spacial score (nSPS) is 20.0. The predicted molar refractivity (Wildman–Crippen MR) is 293 cm³/mol. The summed E-state index contributed by atoms with van der Waals surface area (Å²) in [5, 5.41) is 18.1. The number of aliphatic hydroxyl groups is 1. The Morgan fingerprint density at radius 2 is 1.72 bits per heavy atom. The van der Waals surface area contributed by atoms with Gasteiger partial charge in [-0.05, 0) is 99.9 Å². The Morgan fingerprint density at radius 1 is 0.988 bits per heavy atom. The lowest BCUT2D eigenvalue weighted by molar-refractivity contribution is -0.172. The highest BCUT2D eigenvalue weighted by molar-refractivity contribution is 6.07. The maximum Gasteiger partial charge on any atom is 0.411 e. The van der Waals surface area contributed by atoms with Crippen molar-refractivity contribution in [1.82, 2.24) is 35.2 Å². The molecule has 1 aliphatic carbocycles. The number of carbonyl (C=O) groups excluding carboxylic acids is 9. The van der Waals surface area contributed by atoms with Crippen molar-refractivity contribution in [2.24, 2.45) is 17.8 Å². The number of esters is 2. The van der Waals surface area contributed by atoms with Crippen molar-refractivity contribution in [2.75, 3.05) is 53.6 Å². The van der Waals surface area contributed by atoms with Gasteiger partial charge in [-0.2, -0.15) is 0 Å². The number of nitrogens with zero attached hydrogens (tertiary/aromatic N) is 5. The average Bonchev–Trinajstić information content (AvgIpc) is 2.57. The number of ether oxygens (including phenoxy) is 3. The largest absolute Gasteiger partial charge is 0.444 e. The molecule has 20 nitrogen and oxygen atoms in total. The molecule has 434 valence electrons. The minimum absolute atomic E-state index is 0.0247. The number of aryl methyl sites for hydroxylation is 1. The van der Waals surface area contributed by atoms with Gasteiger partial charge in [0.2, 0.25) is 23.6 Å². The molecule has 2 aromatic carbocycles. The van der Waals surface area contributed by atoms with Crippen molar-refractivity contribution in [1.29, 1.82) is 0 Å². The number of halogens is 1. The number of carbonyl (C=O) groups is 9. The van der Waals surface area contributed by atoms with Gasteiger partial charge in [0.1, 0.15) is 31.5 Å². The van der Waals surface area contributed by atoms with Gasteiger partial charge in [-0.25, -0.2) is 23.8 Å². The summed E-state index contributed by atoms with van der Waals surface area (Å²) in [6, 6.07) is 6.96. The zero-order valence-corrected chi connectivity index (χ0v) is 47.5. The van der Waals surface area contributed by atoms with Crippen LogP contribution in [0.5, 0.6) is 0 Å². The smallest absolute Gasteiger partial charge is 0.411 e. The van der Waals surface area contributed by atoms with Crippen LogP contribution in [0, 0.1) is 30.5 Å². The molecule has 3 N–H and O–H groups in total. The summed E-state index contributed by atoms with van der Waals surface area (Å²) in [6.07, 6.45) is 4.18. The topological polar surface area (TPSA) is 251 Å². The van der Waals surface area contributed by atoms with E-state index >= 15 is 4.39 Å². The van der Waals surface area contributed by atoms with Crippen molar-refractivity contribution >= 4 is 69.8 Å². The van der Waals surface area contributed by atoms with Gasteiger partial charge < -0.3 is 39.8 Å².